The molecule has 0 aromatic heterocycles. The van der Waals surface area contributed by atoms with E-state index in [1.165, 1.54) is 0 Å². The largest absolute Gasteiger partial charge is 0.497 e. The molecule has 2 heterocycles. The zero-order chi connectivity index (χ0) is 27.9. The van der Waals surface area contributed by atoms with Gasteiger partial charge in [0.05, 0.1) is 59.3 Å². The number of carbonyl (C=O) groups excluding carboxylic acids is 2. The van der Waals surface area contributed by atoms with Crippen LogP contribution in [0, 0.1) is 5.92 Å². The van der Waals surface area contributed by atoms with Crippen LogP contribution in [0.2, 0.25) is 0 Å². The summed E-state index contributed by atoms with van der Waals surface area (Å²) in [5.41, 5.74) is 2.35. The molecule has 0 bridgehead atoms. The highest BCUT2D eigenvalue weighted by Crippen LogP contribution is 2.40. The first-order valence-corrected chi connectivity index (χ1v) is 13.1. The number of methoxy groups -OCH3 is 4. The molecule has 0 radical (unpaired) electrons. The zero-order valence-electron chi connectivity index (χ0n) is 23.3. The van der Waals surface area contributed by atoms with Crippen molar-refractivity contribution in [2.45, 2.75) is 32.2 Å². The summed E-state index contributed by atoms with van der Waals surface area (Å²) in [6.07, 6.45) is 1.81. The van der Waals surface area contributed by atoms with E-state index in [2.05, 4.69) is 4.90 Å². The second kappa shape index (κ2) is 12.8. The molecule has 4 rings (SSSR count). The van der Waals surface area contributed by atoms with E-state index < -0.39 is 0 Å². The maximum atomic E-state index is 13.7. The smallest absolute Gasteiger partial charge is 0.309 e. The molecular formula is C29H37N3O7. The van der Waals surface area contributed by atoms with E-state index in [0.717, 1.165) is 16.8 Å². The van der Waals surface area contributed by atoms with E-state index in [9.17, 15) is 9.59 Å². The Kier molecular flexibility index (Phi) is 9.29. The quantitative estimate of drug-likeness (QED) is 0.422. The van der Waals surface area contributed by atoms with Crippen molar-refractivity contribution in [3.05, 3.63) is 47.5 Å². The van der Waals surface area contributed by atoms with Crippen LogP contribution in [-0.2, 0) is 14.3 Å². The van der Waals surface area contributed by atoms with Crippen LogP contribution in [0.5, 0.6) is 23.0 Å². The van der Waals surface area contributed by atoms with Gasteiger partial charge in [-0.3, -0.25) is 14.5 Å². The summed E-state index contributed by atoms with van der Waals surface area (Å²) < 4.78 is 27.2. The number of carbonyl (C=O) groups is 2. The molecule has 10 heteroatoms. The Labute approximate surface area is 229 Å². The molecule has 0 saturated carbocycles. The summed E-state index contributed by atoms with van der Waals surface area (Å²) in [5, 5.41) is 6.38. The molecular weight excluding hydrogens is 502 g/mol. The van der Waals surface area contributed by atoms with Gasteiger partial charge >= 0.3 is 5.97 Å². The maximum absolute atomic E-state index is 13.7. The fourth-order valence-corrected chi connectivity index (χ4v) is 5.13. The Morgan fingerprint density at radius 3 is 2.15 bits per heavy atom. The van der Waals surface area contributed by atoms with Gasteiger partial charge in [0.1, 0.15) is 23.0 Å². The number of hydrogen-bond acceptors (Lipinski definition) is 9. The third kappa shape index (κ3) is 6.27. The lowest BCUT2D eigenvalue weighted by atomic mass is 9.96. The molecule has 210 valence electrons. The number of benzene rings is 2. The Balaban J connectivity index is 1.60. The predicted molar refractivity (Wildman–Crippen MR) is 146 cm³/mol. The van der Waals surface area contributed by atoms with Gasteiger partial charge in [-0.05, 0) is 57.1 Å². The molecule has 0 spiro atoms. The van der Waals surface area contributed by atoms with E-state index in [0.29, 0.717) is 62.0 Å². The van der Waals surface area contributed by atoms with Crippen molar-refractivity contribution < 1.29 is 33.3 Å². The molecule has 1 saturated heterocycles. The number of likely N-dealkylation sites (tertiary alicyclic amines) is 1. The fourth-order valence-electron chi connectivity index (χ4n) is 5.13. The molecule has 2 aliphatic rings. The number of hydrogen-bond donors (Lipinski definition) is 0. The van der Waals surface area contributed by atoms with Crippen molar-refractivity contribution in [1.29, 1.82) is 0 Å². The van der Waals surface area contributed by atoms with Crippen LogP contribution in [0.25, 0.3) is 0 Å². The number of rotatable bonds is 10. The number of piperidine rings is 1. The first-order valence-electron chi connectivity index (χ1n) is 13.1. The van der Waals surface area contributed by atoms with Gasteiger partial charge in [0.15, 0.2) is 0 Å². The standard InChI is InChI=1S/C29H37N3O7/c1-6-39-29(34)19-11-13-31(14-12-19)18-28(33)32-25(23-10-8-21(36-3)16-27(23)38-5)17-24(30-32)22-9-7-20(35-2)15-26(22)37-4/h7-10,15-16,19,25H,6,11-14,17-18H2,1-5H3/t25-/m1/s1. The molecule has 2 aliphatic heterocycles. The monoisotopic (exact) mass is 539 g/mol. The molecule has 1 atom stereocenters. The molecule has 2 aromatic carbocycles. The van der Waals surface area contributed by atoms with E-state index in [-0.39, 0.29) is 30.4 Å². The highest BCUT2D eigenvalue weighted by atomic mass is 16.5. The zero-order valence-corrected chi connectivity index (χ0v) is 23.3. The van der Waals surface area contributed by atoms with Crippen LogP contribution in [0.4, 0.5) is 0 Å². The average Bonchev–Trinajstić information content (AvgIpc) is 3.42. The highest BCUT2D eigenvalue weighted by Gasteiger charge is 2.37. The molecule has 0 unspecified atom stereocenters. The minimum atomic E-state index is -0.378. The van der Waals surface area contributed by atoms with Gasteiger partial charge in [0, 0.05) is 29.7 Å². The van der Waals surface area contributed by atoms with Gasteiger partial charge < -0.3 is 23.7 Å². The van der Waals surface area contributed by atoms with Crippen LogP contribution in [-0.4, -0.2) is 82.2 Å². The molecule has 0 N–H and O–H groups in total. The SMILES string of the molecule is CCOC(=O)C1CCN(CC(=O)N2N=C(c3ccc(OC)cc3OC)C[C@@H]2c2ccc(OC)cc2OC)CC1. The van der Waals surface area contributed by atoms with Crippen molar-refractivity contribution in [3.8, 4) is 23.0 Å². The van der Waals surface area contributed by atoms with E-state index in [4.69, 9.17) is 28.8 Å². The summed E-state index contributed by atoms with van der Waals surface area (Å²) in [6.45, 7) is 3.67. The van der Waals surface area contributed by atoms with Crippen LogP contribution in [0.3, 0.4) is 0 Å². The number of nitrogens with zero attached hydrogens (tertiary/aromatic N) is 3. The fraction of sp³-hybridized carbons (Fsp3) is 0.483. The first kappa shape index (κ1) is 28.2. The van der Waals surface area contributed by atoms with Crippen LogP contribution >= 0.6 is 0 Å². The van der Waals surface area contributed by atoms with Crippen molar-refractivity contribution >= 4 is 17.6 Å². The lowest BCUT2D eigenvalue weighted by Crippen LogP contribution is -2.43. The van der Waals surface area contributed by atoms with Gasteiger partial charge in [0.25, 0.3) is 5.91 Å². The third-order valence-electron chi connectivity index (χ3n) is 7.25. The number of esters is 1. The van der Waals surface area contributed by atoms with Crippen LogP contribution < -0.4 is 18.9 Å². The molecule has 1 amide bonds. The lowest BCUT2D eigenvalue weighted by molar-refractivity contribution is -0.149. The van der Waals surface area contributed by atoms with Gasteiger partial charge in [-0.2, -0.15) is 5.10 Å². The third-order valence-corrected chi connectivity index (χ3v) is 7.25. The minimum Gasteiger partial charge on any atom is -0.497 e. The number of ether oxygens (including phenoxy) is 5. The van der Waals surface area contributed by atoms with Crippen LogP contribution in [0.15, 0.2) is 41.5 Å². The van der Waals surface area contributed by atoms with Gasteiger partial charge in [-0.1, -0.05) is 0 Å². The normalized spacial score (nSPS) is 17.9. The summed E-state index contributed by atoms with van der Waals surface area (Å²) in [7, 11) is 6.40. The lowest BCUT2D eigenvalue weighted by Gasteiger charge is -2.32. The Hall–Kier alpha value is -3.79. The average molecular weight is 540 g/mol. The Morgan fingerprint density at radius 2 is 1.54 bits per heavy atom. The summed E-state index contributed by atoms with van der Waals surface area (Å²) in [4.78, 5) is 27.9. The van der Waals surface area contributed by atoms with Crippen molar-refractivity contribution in [1.82, 2.24) is 9.91 Å². The van der Waals surface area contributed by atoms with Gasteiger partial charge in [-0.25, -0.2) is 5.01 Å². The van der Waals surface area contributed by atoms with Crippen molar-refractivity contribution in [3.63, 3.8) is 0 Å². The Morgan fingerprint density at radius 1 is 0.897 bits per heavy atom. The molecule has 10 nitrogen and oxygen atoms in total. The molecule has 39 heavy (non-hydrogen) atoms. The van der Waals surface area contributed by atoms with E-state index in [1.807, 2.05) is 37.3 Å². The second-order valence-corrected chi connectivity index (χ2v) is 9.48. The predicted octanol–water partition coefficient (Wildman–Crippen LogP) is 3.67. The highest BCUT2D eigenvalue weighted by molar-refractivity contribution is 6.05. The maximum Gasteiger partial charge on any atom is 0.309 e. The van der Waals surface area contributed by atoms with Crippen molar-refractivity contribution in [2.24, 2.45) is 11.0 Å². The summed E-state index contributed by atoms with van der Waals surface area (Å²) >= 11 is 0. The molecule has 1 fully saturated rings. The summed E-state index contributed by atoms with van der Waals surface area (Å²) in [6, 6.07) is 10.7. The summed E-state index contributed by atoms with van der Waals surface area (Å²) in [5.74, 6) is 2.16. The molecule has 0 aliphatic carbocycles. The van der Waals surface area contributed by atoms with Gasteiger partial charge in [0.2, 0.25) is 0 Å². The number of hydrazone groups is 1. The molecule has 2 aromatic rings. The Bertz CT molecular complexity index is 1210. The first-order chi connectivity index (χ1) is 18.9. The topological polar surface area (TPSA) is 99.1 Å². The second-order valence-electron chi connectivity index (χ2n) is 9.48. The minimum absolute atomic E-state index is 0.119. The van der Waals surface area contributed by atoms with E-state index >= 15 is 0 Å². The number of amides is 1. The van der Waals surface area contributed by atoms with E-state index in [1.54, 1.807) is 39.5 Å². The van der Waals surface area contributed by atoms with Crippen LogP contribution in [0.1, 0.15) is 43.4 Å². The van der Waals surface area contributed by atoms with Crippen molar-refractivity contribution in [2.75, 3.05) is 54.7 Å². The van der Waals surface area contributed by atoms with Gasteiger partial charge in [-0.15, -0.1) is 0 Å².